The lowest BCUT2D eigenvalue weighted by molar-refractivity contribution is -0.116. The topological polar surface area (TPSA) is 60.5 Å². The summed E-state index contributed by atoms with van der Waals surface area (Å²) in [7, 11) is 0. The number of aromatic nitrogens is 1. The molecule has 0 fully saturated rings. The maximum absolute atomic E-state index is 13.4. The summed E-state index contributed by atoms with van der Waals surface area (Å²) in [4.78, 5) is 17.6. The first-order chi connectivity index (χ1) is 15.3. The summed E-state index contributed by atoms with van der Waals surface area (Å²) in [5, 5.41) is 3.04. The molecule has 3 aromatic carbocycles. The summed E-state index contributed by atoms with van der Waals surface area (Å²) >= 11 is 0. The van der Waals surface area contributed by atoms with E-state index in [2.05, 4.69) is 10.3 Å². The van der Waals surface area contributed by atoms with Crippen molar-refractivity contribution in [3.8, 4) is 17.2 Å². The molecular weight excluding hydrogens is 388 g/mol. The van der Waals surface area contributed by atoms with Crippen LogP contribution in [0.3, 0.4) is 0 Å². The first-order valence-electron chi connectivity index (χ1n) is 10.1. The number of rotatable bonds is 5. The average Bonchev–Trinajstić information content (AvgIpc) is 2.82. The summed E-state index contributed by atoms with van der Waals surface area (Å²) in [6, 6.07) is 28.4. The van der Waals surface area contributed by atoms with Crippen LogP contribution < -0.4 is 14.8 Å². The molecule has 1 aliphatic heterocycles. The molecule has 2 heterocycles. The number of carbonyl (C=O) groups is 1. The highest BCUT2D eigenvalue weighted by molar-refractivity contribution is 5.99. The summed E-state index contributed by atoms with van der Waals surface area (Å²) in [5.74, 6) is 1.49. The van der Waals surface area contributed by atoms with Crippen molar-refractivity contribution in [3.63, 3.8) is 0 Å². The van der Waals surface area contributed by atoms with Crippen molar-refractivity contribution in [2.75, 3.05) is 5.32 Å². The number of anilines is 1. The smallest absolute Gasteiger partial charge is 0.236 e. The quantitative estimate of drug-likeness (QED) is 0.471. The van der Waals surface area contributed by atoms with E-state index in [1.54, 1.807) is 6.20 Å². The van der Waals surface area contributed by atoms with Gasteiger partial charge in [-0.2, -0.15) is 0 Å². The minimum absolute atomic E-state index is 0.120. The molecule has 0 unspecified atom stereocenters. The molecule has 5 heteroatoms. The van der Waals surface area contributed by atoms with E-state index in [0.717, 1.165) is 16.8 Å². The molecule has 0 radical (unpaired) electrons. The lowest BCUT2D eigenvalue weighted by Crippen LogP contribution is -2.25. The van der Waals surface area contributed by atoms with Crippen LogP contribution in [0.25, 0.3) is 0 Å². The van der Waals surface area contributed by atoms with Crippen molar-refractivity contribution in [2.24, 2.45) is 0 Å². The van der Waals surface area contributed by atoms with Gasteiger partial charge in [0.05, 0.1) is 11.6 Å². The Bertz CT molecular complexity index is 1180. The zero-order valence-corrected chi connectivity index (χ0v) is 16.7. The number of benzene rings is 3. The van der Waals surface area contributed by atoms with Gasteiger partial charge in [0.15, 0.2) is 0 Å². The van der Waals surface area contributed by atoms with Crippen molar-refractivity contribution in [2.45, 2.75) is 12.5 Å². The molecule has 1 aliphatic rings. The highest BCUT2D eigenvalue weighted by Gasteiger charge is 2.32. The van der Waals surface area contributed by atoms with E-state index in [1.807, 2.05) is 91.0 Å². The molecule has 1 aromatic heterocycles. The highest BCUT2D eigenvalue weighted by atomic mass is 16.5. The van der Waals surface area contributed by atoms with E-state index < -0.39 is 5.92 Å². The van der Waals surface area contributed by atoms with Crippen LogP contribution >= 0.6 is 0 Å². The van der Waals surface area contributed by atoms with Gasteiger partial charge in [-0.15, -0.1) is 0 Å². The fourth-order valence-corrected chi connectivity index (χ4v) is 3.71. The molecular formula is C26H20N2O3. The van der Waals surface area contributed by atoms with Crippen LogP contribution in [0.4, 0.5) is 5.69 Å². The first-order valence-corrected chi connectivity index (χ1v) is 10.1. The highest BCUT2D eigenvalue weighted by Crippen LogP contribution is 2.44. The number of carbonyl (C=O) groups excluding carboxylic acids is 1. The number of fused-ring (bicyclic) bond motifs is 2. The van der Waals surface area contributed by atoms with Gasteiger partial charge < -0.3 is 14.8 Å². The SMILES string of the molecule is O=C(Nc1cccc(OCc2ccccn2)c1)C1c2ccccc2Oc2ccccc21. The molecule has 0 bridgehead atoms. The van der Waals surface area contributed by atoms with Gasteiger partial charge in [0, 0.05) is 29.1 Å². The first kappa shape index (κ1) is 18.9. The van der Waals surface area contributed by atoms with Crippen LogP contribution in [0.15, 0.2) is 97.2 Å². The predicted octanol–water partition coefficient (Wildman–Crippen LogP) is 5.54. The number of hydrogen-bond donors (Lipinski definition) is 1. The van der Waals surface area contributed by atoms with Crippen molar-refractivity contribution < 1.29 is 14.3 Å². The zero-order valence-electron chi connectivity index (χ0n) is 16.7. The number of ether oxygens (including phenoxy) is 2. The summed E-state index contributed by atoms with van der Waals surface area (Å²) in [6.07, 6.45) is 1.74. The number of nitrogens with one attached hydrogen (secondary N) is 1. The van der Waals surface area contributed by atoms with E-state index in [9.17, 15) is 4.79 Å². The van der Waals surface area contributed by atoms with Crippen LogP contribution in [0, 0.1) is 0 Å². The van der Waals surface area contributed by atoms with Gasteiger partial charge in [-0.05, 0) is 36.4 Å². The number of para-hydroxylation sites is 2. The number of hydrogen-bond acceptors (Lipinski definition) is 4. The molecule has 5 nitrogen and oxygen atoms in total. The van der Waals surface area contributed by atoms with Crippen LogP contribution in [0.5, 0.6) is 17.2 Å². The molecule has 1 N–H and O–H groups in total. The third kappa shape index (κ3) is 3.98. The van der Waals surface area contributed by atoms with E-state index in [1.165, 1.54) is 0 Å². The Morgan fingerprint density at radius 1 is 0.871 bits per heavy atom. The summed E-state index contributed by atoms with van der Waals surface area (Å²) in [5.41, 5.74) is 3.21. The molecule has 0 atom stereocenters. The lowest BCUT2D eigenvalue weighted by Gasteiger charge is -2.27. The van der Waals surface area contributed by atoms with Gasteiger partial charge in [-0.25, -0.2) is 0 Å². The molecule has 0 aliphatic carbocycles. The average molecular weight is 408 g/mol. The van der Waals surface area contributed by atoms with E-state index in [0.29, 0.717) is 29.5 Å². The Morgan fingerprint density at radius 2 is 1.58 bits per heavy atom. The molecule has 1 amide bonds. The molecule has 0 saturated carbocycles. The summed E-state index contributed by atoms with van der Waals surface area (Å²) in [6.45, 7) is 0.360. The fourth-order valence-electron chi connectivity index (χ4n) is 3.71. The second-order valence-electron chi connectivity index (χ2n) is 7.24. The van der Waals surface area contributed by atoms with Crippen LogP contribution in [0.2, 0.25) is 0 Å². The predicted molar refractivity (Wildman–Crippen MR) is 118 cm³/mol. The Labute approximate surface area is 180 Å². The Hall–Kier alpha value is -4.12. The Morgan fingerprint density at radius 3 is 2.29 bits per heavy atom. The maximum atomic E-state index is 13.4. The largest absolute Gasteiger partial charge is 0.487 e. The van der Waals surface area contributed by atoms with E-state index in [-0.39, 0.29) is 5.91 Å². The number of nitrogens with zero attached hydrogens (tertiary/aromatic N) is 1. The number of amides is 1. The van der Waals surface area contributed by atoms with Crippen molar-refractivity contribution in [1.29, 1.82) is 0 Å². The van der Waals surface area contributed by atoms with Crippen LogP contribution in [-0.2, 0) is 11.4 Å². The number of pyridine rings is 1. The second-order valence-corrected chi connectivity index (χ2v) is 7.24. The molecule has 31 heavy (non-hydrogen) atoms. The monoisotopic (exact) mass is 408 g/mol. The molecule has 152 valence electrons. The zero-order chi connectivity index (χ0) is 21.0. The minimum Gasteiger partial charge on any atom is -0.487 e. The van der Waals surface area contributed by atoms with E-state index >= 15 is 0 Å². The summed E-state index contributed by atoms with van der Waals surface area (Å²) < 4.78 is 11.8. The van der Waals surface area contributed by atoms with Gasteiger partial charge in [0.2, 0.25) is 5.91 Å². The maximum Gasteiger partial charge on any atom is 0.236 e. The standard InChI is InChI=1S/C26H20N2O3/c29-26(25-21-11-1-3-13-23(21)31-24-14-4-2-12-22(24)25)28-18-9-7-10-20(16-18)30-17-19-8-5-6-15-27-19/h1-16,25H,17H2,(H,28,29). The third-order valence-electron chi connectivity index (χ3n) is 5.16. The third-order valence-corrected chi connectivity index (χ3v) is 5.16. The van der Waals surface area contributed by atoms with Crippen LogP contribution in [-0.4, -0.2) is 10.9 Å². The van der Waals surface area contributed by atoms with Crippen molar-refractivity contribution >= 4 is 11.6 Å². The fraction of sp³-hybridized carbons (Fsp3) is 0.0769. The second kappa shape index (κ2) is 8.32. The van der Waals surface area contributed by atoms with E-state index in [4.69, 9.17) is 9.47 Å². The van der Waals surface area contributed by atoms with Gasteiger partial charge >= 0.3 is 0 Å². The lowest BCUT2D eigenvalue weighted by atomic mass is 9.87. The van der Waals surface area contributed by atoms with Gasteiger partial charge in [0.1, 0.15) is 23.9 Å². The van der Waals surface area contributed by atoms with Crippen LogP contribution in [0.1, 0.15) is 22.7 Å². The Kier molecular flexibility index (Phi) is 5.07. The van der Waals surface area contributed by atoms with Gasteiger partial charge in [-0.3, -0.25) is 9.78 Å². The normalized spacial score (nSPS) is 12.3. The van der Waals surface area contributed by atoms with Gasteiger partial charge in [-0.1, -0.05) is 48.5 Å². The Balaban J connectivity index is 1.37. The van der Waals surface area contributed by atoms with Crippen molar-refractivity contribution in [1.82, 2.24) is 4.98 Å². The molecule has 0 saturated heterocycles. The molecule has 5 rings (SSSR count). The molecule has 4 aromatic rings. The van der Waals surface area contributed by atoms with Crippen molar-refractivity contribution in [3.05, 3.63) is 114 Å². The minimum atomic E-state index is -0.459. The molecule has 0 spiro atoms. The van der Waals surface area contributed by atoms with Gasteiger partial charge in [0.25, 0.3) is 0 Å².